The number of nitrogens with zero attached hydrogens (tertiary/aromatic N) is 5. The van der Waals surface area contributed by atoms with E-state index in [1.54, 1.807) is 0 Å². The summed E-state index contributed by atoms with van der Waals surface area (Å²) in [6, 6.07) is 2.17. The fourth-order valence-electron chi connectivity index (χ4n) is 2.13. The van der Waals surface area contributed by atoms with E-state index in [0.717, 1.165) is 19.5 Å². The molecule has 0 aromatic carbocycles. The van der Waals surface area contributed by atoms with Gasteiger partial charge in [-0.1, -0.05) is 0 Å². The number of hydrogen-bond acceptors (Lipinski definition) is 7. The van der Waals surface area contributed by atoms with Crippen molar-refractivity contribution in [1.29, 1.82) is 0 Å². The Balaban J connectivity index is 1.91. The fourth-order valence-corrected chi connectivity index (χ4v) is 3.02. The maximum atomic E-state index is 5.77. The molecule has 1 aliphatic rings. The lowest BCUT2D eigenvalue weighted by Gasteiger charge is -2.27. The van der Waals surface area contributed by atoms with Crippen LogP contribution in [-0.4, -0.2) is 35.6 Å². The molecule has 2 N–H and O–H groups in total. The molecule has 7 heteroatoms. The number of nitrogen functional groups attached to an aromatic ring is 1. The van der Waals surface area contributed by atoms with Crippen LogP contribution in [0.15, 0.2) is 11.4 Å². The van der Waals surface area contributed by atoms with Crippen LogP contribution in [0, 0.1) is 0 Å². The highest BCUT2D eigenvalue weighted by Crippen LogP contribution is 2.26. The Labute approximate surface area is 115 Å². The molecule has 0 saturated heterocycles. The molecule has 6 nitrogen and oxygen atoms in total. The quantitative estimate of drug-likeness (QED) is 0.887. The van der Waals surface area contributed by atoms with Crippen LogP contribution in [0.5, 0.6) is 0 Å². The zero-order valence-electron chi connectivity index (χ0n) is 11.0. The van der Waals surface area contributed by atoms with Crippen molar-refractivity contribution in [1.82, 2.24) is 15.0 Å². The maximum absolute atomic E-state index is 5.77. The van der Waals surface area contributed by atoms with Gasteiger partial charge in [0, 0.05) is 32.1 Å². The van der Waals surface area contributed by atoms with Crippen molar-refractivity contribution in [3.8, 4) is 0 Å². The Hall–Kier alpha value is -1.89. The van der Waals surface area contributed by atoms with Gasteiger partial charge in [0.1, 0.15) is 0 Å². The van der Waals surface area contributed by atoms with Crippen LogP contribution in [0.4, 0.5) is 17.8 Å². The van der Waals surface area contributed by atoms with Crippen LogP contribution in [0.3, 0.4) is 0 Å². The van der Waals surface area contributed by atoms with Crippen LogP contribution in [0.1, 0.15) is 10.4 Å². The van der Waals surface area contributed by atoms with Crippen molar-refractivity contribution in [2.45, 2.75) is 13.0 Å². The van der Waals surface area contributed by atoms with Crippen molar-refractivity contribution >= 4 is 29.2 Å². The van der Waals surface area contributed by atoms with E-state index in [4.69, 9.17) is 5.73 Å². The van der Waals surface area contributed by atoms with Gasteiger partial charge < -0.3 is 15.5 Å². The van der Waals surface area contributed by atoms with Gasteiger partial charge in [0.25, 0.3) is 0 Å². The van der Waals surface area contributed by atoms with Crippen molar-refractivity contribution in [3.05, 3.63) is 21.9 Å². The predicted octanol–water partition coefficient (Wildman–Crippen LogP) is 1.14. The van der Waals surface area contributed by atoms with Crippen LogP contribution < -0.4 is 15.5 Å². The molecule has 2 aromatic heterocycles. The van der Waals surface area contributed by atoms with E-state index in [1.165, 1.54) is 10.4 Å². The highest BCUT2D eigenvalue weighted by atomic mass is 32.1. The maximum Gasteiger partial charge on any atom is 0.232 e. The molecule has 1 aliphatic heterocycles. The Morgan fingerprint density at radius 3 is 2.95 bits per heavy atom. The van der Waals surface area contributed by atoms with Crippen LogP contribution in [0.2, 0.25) is 0 Å². The summed E-state index contributed by atoms with van der Waals surface area (Å²) in [6.45, 7) is 1.76. The topological polar surface area (TPSA) is 71.2 Å². The first-order chi connectivity index (χ1) is 9.13. The standard InChI is InChI=1S/C12H16N6S/c1-17(2)11-14-10(13)15-12(16-11)18-5-3-9-8(7-18)4-6-19-9/h4,6H,3,5,7H2,1-2H3,(H2,13,14,15,16). The van der Waals surface area contributed by atoms with E-state index >= 15 is 0 Å². The van der Waals surface area contributed by atoms with Gasteiger partial charge in [-0.25, -0.2) is 0 Å². The summed E-state index contributed by atoms with van der Waals surface area (Å²) < 4.78 is 0. The lowest BCUT2D eigenvalue weighted by molar-refractivity contribution is 0.714. The molecule has 0 saturated carbocycles. The van der Waals surface area contributed by atoms with E-state index in [1.807, 2.05) is 30.3 Å². The third kappa shape index (κ3) is 2.33. The molecule has 3 heterocycles. The lowest BCUT2D eigenvalue weighted by atomic mass is 10.1. The van der Waals surface area contributed by atoms with Gasteiger partial charge in [0.2, 0.25) is 17.8 Å². The predicted molar refractivity (Wildman–Crippen MR) is 77.6 cm³/mol. The van der Waals surface area contributed by atoms with Crippen molar-refractivity contribution in [2.24, 2.45) is 0 Å². The summed E-state index contributed by atoms with van der Waals surface area (Å²) >= 11 is 1.82. The minimum absolute atomic E-state index is 0.268. The van der Waals surface area contributed by atoms with Gasteiger partial charge in [0.15, 0.2) is 0 Å². The number of rotatable bonds is 2. The summed E-state index contributed by atoms with van der Waals surface area (Å²) in [5, 5.41) is 2.14. The Morgan fingerprint density at radius 1 is 1.32 bits per heavy atom. The van der Waals surface area contributed by atoms with Gasteiger partial charge in [-0.3, -0.25) is 0 Å². The van der Waals surface area contributed by atoms with Crippen molar-refractivity contribution in [3.63, 3.8) is 0 Å². The largest absolute Gasteiger partial charge is 0.368 e. The molecular weight excluding hydrogens is 260 g/mol. The van der Waals surface area contributed by atoms with Gasteiger partial charge in [-0.15, -0.1) is 11.3 Å². The third-order valence-electron chi connectivity index (χ3n) is 3.12. The average molecular weight is 276 g/mol. The van der Waals surface area contributed by atoms with E-state index < -0.39 is 0 Å². The molecule has 0 bridgehead atoms. The Kier molecular flexibility index (Phi) is 2.98. The monoisotopic (exact) mass is 276 g/mol. The number of thiophene rings is 1. The molecular formula is C12H16N6S. The first kappa shape index (κ1) is 12.2. The SMILES string of the molecule is CN(C)c1nc(N)nc(N2CCc3sccc3C2)n1. The molecule has 0 atom stereocenters. The van der Waals surface area contributed by atoms with E-state index in [-0.39, 0.29) is 5.95 Å². The second kappa shape index (κ2) is 4.65. The summed E-state index contributed by atoms with van der Waals surface area (Å²) in [4.78, 5) is 18.3. The molecule has 0 amide bonds. The summed E-state index contributed by atoms with van der Waals surface area (Å²) in [5.74, 6) is 1.52. The van der Waals surface area contributed by atoms with Gasteiger partial charge in [0.05, 0.1) is 0 Å². The first-order valence-corrected chi connectivity index (χ1v) is 7.00. The zero-order chi connectivity index (χ0) is 13.4. The number of anilines is 3. The minimum Gasteiger partial charge on any atom is -0.368 e. The van der Waals surface area contributed by atoms with Crippen LogP contribution >= 0.6 is 11.3 Å². The van der Waals surface area contributed by atoms with E-state index in [9.17, 15) is 0 Å². The number of aromatic nitrogens is 3. The molecule has 0 radical (unpaired) electrons. The molecule has 0 fully saturated rings. The Morgan fingerprint density at radius 2 is 2.16 bits per heavy atom. The van der Waals surface area contributed by atoms with Gasteiger partial charge in [-0.2, -0.15) is 15.0 Å². The molecule has 19 heavy (non-hydrogen) atoms. The van der Waals surface area contributed by atoms with Crippen molar-refractivity contribution in [2.75, 3.05) is 36.2 Å². The first-order valence-electron chi connectivity index (χ1n) is 6.12. The molecule has 2 aromatic rings. The van der Waals surface area contributed by atoms with E-state index in [0.29, 0.717) is 11.9 Å². The zero-order valence-corrected chi connectivity index (χ0v) is 11.8. The third-order valence-corrected chi connectivity index (χ3v) is 4.14. The second-order valence-corrected chi connectivity index (χ2v) is 5.73. The average Bonchev–Trinajstić information content (AvgIpc) is 2.85. The molecule has 0 spiro atoms. The molecule has 0 unspecified atom stereocenters. The summed E-state index contributed by atoms with van der Waals surface area (Å²) in [7, 11) is 3.79. The molecule has 3 rings (SSSR count). The van der Waals surface area contributed by atoms with Crippen molar-refractivity contribution < 1.29 is 0 Å². The number of nitrogens with two attached hydrogens (primary N) is 1. The summed E-state index contributed by atoms with van der Waals surface area (Å²) in [5.41, 5.74) is 7.13. The van der Waals surface area contributed by atoms with Gasteiger partial charge >= 0.3 is 0 Å². The van der Waals surface area contributed by atoms with E-state index in [2.05, 4.69) is 31.3 Å². The minimum atomic E-state index is 0.268. The molecule has 0 aliphatic carbocycles. The van der Waals surface area contributed by atoms with Gasteiger partial charge in [-0.05, 0) is 23.4 Å². The number of hydrogen-bond donors (Lipinski definition) is 1. The fraction of sp³-hybridized carbons (Fsp3) is 0.417. The van der Waals surface area contributed by atoms with Crippen LogP contribution in [0.25, 0.3) is 0 Å². The smallest absolute Gasteiger partial charge is 0.232 e. The highest BCUT2D eigenvalue weighted by molar-refractivity contribution is 7.10. The second-order valence-electron chi connectivity index (χ2n) is 4.73. The number of fused-ring (bicyclic) bond motifs is 1. The lowest BCUT2D eigenvalue weighted by Crippen LogP contribution is -2.31. The van der Waals surface area contributed by atoms with Crippen LogP contribution in [-0.2, 0) is 13.0 Å². The Bertz CT molecular complexity index is 594. The highest BCUT2D eigenvalue weighted by Gasteiger charge is 2.20. The summed E-state index contributed by atoms with van der Waals surface area (Å²) in [6.07, 6.45) is 1.04. The molecule has 100 valence electrons. The normalized spacial score (nSPS) is 14.3.